The fourth-order valence-corrected chi connectivity index (χ4v) is 7.90. The Morgan fingerprint density at radius 3 is 2.52 bits per heavy atom. The predicted octanol–water partition coefficient (Wildman–Crippen LogP) is 4.73. The standard InChI is InChI=1S/C24H30F2O4S/c1-5-19(28)30-24(20(29)31)13(2)10-15-16-12-18(25)17-11-14(27)6-7-21(17,3)23(16,26)9-8-22(15,24)4/h6-7,11,13,15-16,18H,5,8-10,12H2,1-4H3,(H,29,31)/t13?,15?,16?,18-,21-,22-,23+,24-/m0/s1. The van der Waals surface area contributed by atoms with Crippen LogP contribution in [0.5, 0.6) is 0 Å². The topological polar surface area (TPSA) is 60.4 Å². The van der Waals surface area contributed by atoms with E-state index in [1.54, 1.807) is 13.8 Å². The third-order valence-corrected chi connectivity index (χ3v) is 9.40. The molecule has 4 rings (SSSR count). The van der Waals surface area contributed by atoms with Crippen molar-refractivity contribution in [2.75, 3.05) is 0 Å². The number of carbonyl (C=O) groups is 3. The van der Waals surface area contributed by atoms with Crippen LogP contribution >= 0.6 is 12.6 Å². The first kappa shape index (κ1) is 22.7. The first-order valence-corrected chi connectivity index (χ1v) is 11.6. The van der Waals surface area contributed by atoms with Crippen LogP contribution in [0.2, 0.25) is 0 Å². The van der Waals surface area contributed by atoms with E-state index in [4.69, 9.17) is 4.74 Å². The molecule has 0 N–H and O–H groups in total. The summed E-state index contributed by atoms with van der Waals surface area (Å²) >= 11 is 4.14. The fourth-order valence-electron chi connectivity index (χ4n) is 7.37. The lowest BCUT2D eigenvalue weighted by atomic mass is 9.45. The number of hydrogen-bond acceptors (Lipinski definition) is 4. The summed E-state index contributed by atoms with van der Waals surface area (Å²) in [6, 6.07) is 0. The zero-order valence-electron chi connectivity index (χ0n) is 18.4. The first-order valence-electron chi connectivity index (χ1n) is 11.1. The van der Waals surface area contributed by atoms with Crippen LogP contribution in [0.15, 0.2) is 23.8 Å². The Kier molecular flexibility index (Phi) is 5.12. The molecule has 0 radical (unpaired) electrons. The van der Waals surface area contributed by atoms with Gasteiger partial charge < -0.3 is 4.74 Å². The number of halogens is 2. The molecule has 7 heteroatoms. The van der Waals surface area contributed by atoms with Gasteiger partial charge in [-0.2, -0.15) is 0 Å². The smallest absolute Gasteiger partial charge is 0.306 e. The normalized spacial score (nSPS) is 48.4. The Bertz CT molecular complexity index is 915. The SMILES string of the molecule is CCC(=O)O[C@]1(C(=O)S)C(C)CC2C3C[C@H](F)C4=CC(=O)C=C[C@]4(C)[C@@]3(F)CC[C@@]21C. The molecule has 0 aromatic heterocycles. The van der Waals surface area contributed by atoms with Crippen molar-refractivity contribution in [1.82, 2.24) is 0 Å². The Balaban J connectivity index is 1.82. The van der Waals surface area contributed by atoms with Crippen LogP contribution in [0.4, 0.5) is 8.78 Å². The largest absolute Gasteiger partial charge is 0.449 e. The monoisotopic (exact) mass is 452 g/mol. The van der Waals surface area contributed by atoms with E-state index in [0.717, 1.165) is 0 Å². The zero-order valence-corrected chi connectivity index (χ0v) is 19.3. The Labute approximate surface area is 187 Å². The quantitative estimate of drug-likeness (QED) is 0.497. The van der Waals surface area contributed by atoms with Crippen molar-refractivity contribution in [3.05, 3.63) is 23.8 Å². The maximum Gasteiger partial charge on any atom is 0.306 e. The molecule has 3 unspecified atom stereocenters. The van der Waals surface area contributed by atoms with Crippen molar-refractivity contribution in [3.8, 4) is 0 Å². The average molecular weight is 453 g/mol. The van der Waals surface area contributed by atoms with Crippen molar-refractivity contribution in [2.45, 2.75) is 77.2 Å². The van der Waals surface area contributed by atoms with Crippen molar-refractivity contribution < 1.29 is 27.9 Å². The van der Waals surface area contributed by atoms with Gasteiger partial charge in [0.1, 0.15) is 11.8 Å². The molecule has 170 valence electrons. The lowest BCUT2D eigenvalue weighted by molar-refractivity contribution is -0.199. The van der Waals surface area contributed by atoms with Crippen LogP contribution in [0.3, 0.4) is 0 Å². The number of fused-ring (bicyclic) bond motifs is 5. The Hall–Kier alpha value is -1.50. The Morgan fingerprint density at radius 1 is 1.23 bits per heavy atom. The van der Waals surface area contributed by atoms with E-state index >= 15 is 8.78 Å². The van der Waals surface area contributed by atoms with Gasteiger partial charge in [-0.25, -0.2) is 8.78 Å². The average Bonchev–Trinajstić information content (AvgIpc) is 2.93. The fraction of sp³-hybridized carbons (Fsp3) is 0.708. The van der Waals surface area contributed by atoms with Gasteiger partial charge in [-0.05, 0) is 56.3 Å². The molecule has 3 saturated carbocycles. The highest BCUT2D eigenvalue weighted by Crippen LogP contribution is 2.71. The van der Waals surface area contributed by atoms with Crippen LogP contribution < -0.4 is 0 Å². The molecule has 0 saturated heterocycles. The van der Waals surface area contributed by atoms with Gasteiger partial charge in [-0.1, -0.05) is 26.8 Å². The molecule has 4 aliphatic rings. The van der Waals surface area contributed by atoms with Gasteiger partial charge in [0.05, 0.1) is 0 Å². The summed E-state index contributed by atoms with van der Waals surface area (Å²) in [6.07, 6.45) is 3.56. The number of alkyl halides is 2. The zero-order chi connectivity index (χ0) is 23.0. The van der Waals surface area contributed by atoms with Crippen molar-refractivity contribution in [2.24, 2.45) is 28.6 Å². The van der Waals surface area contributed by atoms with E-state index in [1.807, 2.05) is 13.8 Å². The highest BCUT2D eigenvalue weighted by molar-refractivity contribution is 7.96. The maximum atomic E-state index is 17.0. The van der Waals surface area contributed by atoms with E-state index < -0.39 is 45.3 Å². The molecule has 0 aromatic rings. The summed E-state index contributed by atoms with van der Waals surface area (Å²) in [4.78, 5) is 37.1. The number of ketones is 1. The highest BCUT2D eigenvalue weighted by atomic mass is 32.1. The molecule has 0 bridgehead atoms. The number of rotatable bonds is 3. The third kappa shape index (κ3) is 2.67. The number of allylic oxidation sites excluding steroid dienone is 4. The minimum atomic E-state index is -1.76. The van der Waals surface area contributed by atoms with Gasteiger partial charge in [-0.3, -0.25) is 14.4 Å². The molecule has 0 amide bonds. The van der Waals surface area contributed by atoms with Gasteiger partial charge in [-0.15, -0.1) is 12.6 Å². The summed E-state index contributed by atoms with van der Waals surface area (Å²) in [6.45, 7) is 7.04. The molecule has 0 aromatic carbocycles. The van der Waals surface area contributed by atoms with Crippen molar-refractivity contribution in [1.29, 1.82) is 0 Å². The van der Waals surface area contributed by atoms with Gasteiger partial charge in [0.25, 0.3) is 0 Å². The number of thiol groups is 1. The third-order valence-electron chi connectivity index (χ3n) is 9.07. The van der Waals surface area contributed by atoms with E-state index in [9.17, 15) is 14.4 Å². The molecule has 4 aliphatic carbocycles. The number of ether oxygens (including phenoxy) is 1. The summed E-state index contributed by atoms with van der Waals surface area (Å²) in [5, 5.41) is -0.527. The maximum absolute atomic E-state index is 17.0. The lowest BCUT2D eigenvalue weighted by Crippen LogP contribution is -2.65. The molecular formula is C24H30F2O4S. The van der Waals surface area contributed by atoms with Crippen molar-refractivity contribution >= 4 is 29.5 Å². The molecule has 0 aliphatic heterocycles. The van der Waals surface area contributed by atoms with Gasteiger partial charge >= 0.3 is 5.97 Å². The minimum absolute atomic E-state index is 0.0510. The number of hydrogen-bond donors (Lipinski definition) is 1. The summed E-state index contributed by atoms with van der Waals surface area (Å²) in [5.74, 6) is -2.20. The molecule has 3 fully saturated rings. The van der Waals surface area contributed by atoms with E-state index in [-0.39, 0.29) is 42.5 Å². The van der Waals surface area contributed by atoms with Gasteiger partial charge in [0.2, 0.25) is 5.12 Å². The van der Waals surface area contributed by atoms with Crippen LogP contribution in [0.25, 0.3) is 0 Å². The second-order valence-electron chi connectivity index (χ2n) is 10.2. The minimum Gasteiger partial charge on any atom is -0.449 e. The van der Waals surface area contributed by atoms with Gasteiger partial charge in [0, 0.05) is 29.1 Å². The number of carbonyl (C=O) groups excluding carboxylic acids is 3. The Morgan fingerprint density at radius 2 is 1.90 bits per heavy atom. The van der Waals surface area contributed by atoms with Gasteiger partial charge in [0.15, 0.2) is 11.4 Å². The highest BCUT2D eigenvalue weighted by Gasteiger charge is 2.75. The first-order chi connectivity index (χ1) is 14.4. The van der Waals surface area contributed by atoms with E-state index in [1.165, 1.54) is 18.2 Å². The van der Waals surface area contributed by atoms with E-state index in [2.05, 4.69) is 12.6 Å². The molecule has 4 nitrogen and oxygen atoms in total. The molecule has 8 atom stereocenters. The number of esters is 1. The van der Waals surface area contributed by atoms with Crippen LogP contribution in [0, 0.1) is 28.6 Å². The second-order valence-corrected chi connectivity index (χ2v) is 10.6. The van der Waals surface area contributed by atoms with Crippen LogP contribution in [-0.4, -0.2) is 34.3 Å². The predicted molar refractivity (Wildman–Crippen MR) is 115 cm³/mol. The van der Waals surface area contributed by atoms with Crippen LogP contribution in [0.1, 0.15) is 59.8 Å². The summed E-state index contributed by atoms with van der Waals surface area (Å²) in [5.41, 5.74) is -5.07. The molecule has 31 heavy (non-hydrogen) atoms. The lowest BCUT2D eigenvalue weighted by Gasteiger charge is -2.61. The van der Waals surface area contributed by atoms with Crippen LogP contribution in [-0.2, 0) is 19.1 Å². The summed E-state index contributed by atoms with van der Waals surface area (Å²) in [7, 11) is 0. The summed E-state index contributed by atoms with van der Waals surface area (Å²) < 4.78 is 38.2. The molecule has 0 spiro atoms. The molecule has 0 heterocycles. The van der Waals surface area contributed by atoms with E-state index in [0.29, 0.717) is 12.8 Å². The van der Waals surface area contributed by atoms with Crippen molar-refractivity contribution in [3.63, 3.8) is 0 Å². The molecular weight excluding hydrogens is 422 g/mol. The second kappa shape index (κ2) is 7.00.